The Hall–Kier alpha value is -4.81. The normalized spacial score (nSPS) is 11.7. The van der Waals surface area contributed by atoms with Crippen molar-refractivity contribution in [3.8, 4) is 0 Å². The van der Waals surface area contributed by atoms with Gasteiger partial charge in [-0.3, -0.25) is 14.7 Å². The van der Waals surface area contributed by atoms with Crippen LogP contribution in [0.4, 0.5) is 16.3 Å². The van der Waals surface area contributed by atoms with Crippen molar-refractivity contribution in [1.82, 2.24) is 14.3 Å². The van der Waals surface area contributed by atoms with Crippen molar-refractivity contribution in [2.45, 2.75) is 50.9 Å². The molecular formula is C33H37N5O6S. The van der Waals surface area contributed by atoms with Gasteiger partial charge in [0.15, 0.2) is 0 Å². The van der Waals surface area contributed by atoms with Gasteiger partial charge in [-0.1, -0.05) is 48.5 Å². The van der Waals surface area contributed by atoms with Gasteiger partial charge in [0.1, 0.15) is 22.9 Å². The summed E-state index contributed by atoms with van der Waals surface area (Å²) < 4.78 is 34.3. The van der Waals surface area contributed by atoms with E-state index in [2.05, 4.69) is 27.0 Å². The number of rotatable bonds is 12. The second kappa shape index (κ2) is 14.3. The van der Waals surface area contributed by atoms with Crippen LogP contribution in [0.1, 0.15) is 37.6 Å². The molecule has 11 nitrogen and oxygen atoms in total. The average molecular weight is 632 g/mol. The summed E-state index contributed by atoms with van der Waals surface area (Å²) in [5.74, 6) is -1.24. The molecule has 1 N–H and O–H groups in total. The highest BCUT2D eigenvalue weighted by Crippen LogP contribution is 2.24. The van der Waals surface area contributed by atoms with Crippen LogP contribution in [-0.2, 0) is 39.2 Å². The number of ether oxygens (including phenoxy) is 1. The van der Waals surface area contributed by atoms with Gasteiger partial charge in [-0.25, -0.2) is 18.2 Å². The summed E-state index contributed by atoms with van der Waals surface area (Å²) in [6.45, 7) is 4.90. The third kappa shape index (κ3) is 9.34. The van der Waals surface area contributed by atoms with Crippen LogP contribution in [-0.4, -0.2) is 59.1 Å². The van der Waals surface area contributed by atoms with Crippen LogP contribution in [0, 0.1) is 0 Å². The Balaban J connectivity index is 1.62. The lowest BCUT2D eigenvalue weighted by molar-refractivity contribution is -0.135. The number of sulfonamides is 1. The number of carbonyl (C=O) groups excluding carboxylic acids is 1. The number of nitrogens with zero attached hydrogens (tertiary/aromatic N) is 5. The number of hydrogen-bond donors (Lipinski definition) is 1. The third-order valence-corrected chi connectivity index (χ3v) is 8.36. The van der Waals surface area contributed by atoms with Crippen LogP contribution >= 0.6 is 0 Å². The number of aromatic nitrogens is 2. The molecule has 0 atom stereocenters. The standard InChI is InChI=1S/C33H37N5O6S/c1-33(2,3)44-32(41)38(24-31(39)40)30-14-8-12-27(35-30)23-37(45(42,43)29-13-9-19-34-20-29)22-26-15-17-28(18-16-26)36(4)21-25-10-6-5-7-11-25/h5-20H,21-24H2,1-4H3,(H,39,40). The van der Waals surface area contributed by atoms with Crippen LogP contribution < -0.4 is 9.80 Å². The molecule has 45 heavy (non-hydrogen) atoms. The number of pyridine rings is 2. The monoisotopic (exact) mass is 631 g/mol. The second-order valence-electron chi connectivity index (χ2n) is 11.4. The molecule has 1 amide bonds. The largest absolute Gasteiger partial charge is 0.480 e. The van der Waals surface area contributed by atoms with Crippen molar-refractivity contribution >= 4 is 33.6 Å². The van der Waals surface area contributed by atoms with Gasteiger partial charge in [0.2, 0.25) is 10.0 Å². The van der Waals surface area contributed by atoms with E-state index in [4.69, 9.17) is 4.74 Å². The van der Waals surface area contributed by atoms with Crippen LogP contribution in [0.2, 0.25) is 0 Å². The lowest BCUT2D eigenvalue weighted by Crippen LogP contribution is -2.40. The SMILES string of the molecule is CN(Cc1ccccc1)c1ccc(CN(Cc2cccc(N(CC(=O)O)C(=O)OC(C)(C)C)n2)S(=O)(=O)c2cccnc2)cc1. The van der Waals surface area contributed by atoms with E-state index in [1.165, 1.54) is 34.4 Å². The van der Waals surface area contributed by atoms with Crippen molar-refractivity contribution in [3.05, 3.63) is 114 Å². The molecule has 0 fully saturated rings. The van der Waals surface area contributed by atoms with E-state index in [-0.39, 0.29) is 23.8 Å². The average Bonchev–Trinajstić information content (AvgIpc) is 3.00. The summed E-state index contributed by atoms with van der Waals surface area (Å²) in [4.78, 5) is 36.0. The minimum absolute atomic E-state index is 0.0154. The summed E-state index contributed by atoms with van der Waals surface area (Å²) in [5, 5.41) is 9.46. The van der Waals surface area contributed by atoms with Gasteiger partial charge >= 0.3 is 12.1 Å². The van der Waals surface area contributed by atoms with Gasteiger partial charge in [-0.05, 0) is 68.3 Å². The number of hydrogen-bond acceptors (Lipinski definition) is 8. The first-order valence-corrected chi connectivity index (χ1v) is 15.7. The molecule has 0 aliphatic heterocycles. The number of benzene rings is 2. The van der Waals surface area contributed by atoms with E-state index in [0.29, 0.717) is 12.2 Å². The molecule has 12 heteroatoms. The predicted octanol–water partition coefficient (Wildman–Crippen LogP) is 5.33. The van der Waals surface area contributed by atoms with Gasteiger partial charge in [0.05, 0.1) is 12.2 Å². The van der Waals surface area contributed by atoms with Crippen molar-refractivity contribution in [2.24, 2.45) is 0 Å². The summed E-state index contributed by atoms with van der Waals surface area (Å²) in [6, 6.07) is 25.4. The molecule has 0 spiro atoms. The number of aliphatic carboxylic acids is 1. The van der Waals surface area contributed by atoms with Crippen molar-refractivity contribution < 1.29 is 27.9 Å². The Morgan fingerprint density at radius 3 is 2.16 bits per heavy atom. The number of amides is 1. The van der Waals surface area contributed by atoms with Crippen LogP contribution in [0.25, 0.3) is 0 Å². The smallest absolute Gasteiger partial charge is 0.416 e. The molecule has 4 rings (SSSR count). The fourth-order valence-corrected chi connectivity index (χ4v) is 5.82. The number of anilines is 2. The van der Waals surface area contributed by atoms with E-state index >= 15 is 0 Å². The maximum atomic E-state index is 13.8. The highest BCUT2D eigenvalue weighted by molar-refractivity contribution is 7.89. The Labute approximate surface area is 263 Å². The van der Waals surface area contributed by atoms with E-state index in [9.17, 15) is 23.1 Å². The third-order valence-electron chi connectivity index (χ3n) is 6.59. The Morgan fingerprint density at radius 1 is 0.844 bits per heavy atom. The molecule has 2 heterocycles. The summed E-state index contributed by atoms with van der Waals surface area (Å²) >= 11 is 0. The summed E-state index contributed by atoms with van der Waals surface area (Å²) in [7, 11) is -2.05. The maximum Gasteiger partial charge on any atom is 0.416 e. The molecule has 0 saturated heterocycles. The van der Waals surface area contributed by atoms with Gasteiger partial charge in [-0.2, -0.15) is 4.31 Å². The van der Waals surface area contributed by atoms with Crippen LogP contribution in [0.5, 0.6) is 0 Å². The maximum absolute atomic E-state index is 13.8. The number of carbonyl (C=O) groups is 2. The molecule has 236 valence electrons. The Bertz CT molecular complexity index is 1700. The fourth-order valence-electron chi connectivity index (χ4n) is 4.46. The molecule has 0 unspecified atom stereocenters. The minimum atomic E-state index is -4.04. The number of carboxylic acid groups (broad SMARTS) is 1. The van der Waals surface area contributed by atoms with E-state index in [0.717, 1.165) is 16.2 Å². The molecule has 0 bridgehead atoms. The Morgan fingerprint density at radius 2 is 1.53 bits per heavy atom. The first-order valence-electron chi connectivity index (χ1n) is 14.2. The highest BCUT2D eigenvalue weighted by Gasteiger charge is 2.28. The Kier molecular flexibility index (Phi) is 10.5. The fraction of sp³-hybridized carbons (Fsp3) is 0.273. The quantitative estimate of drug-likeness (QED) is 0.220. The zero-order chi connectivity index (χ0) is 32.6. The molecule has 0 aliphatic rings. The second-order valence-corrected chi connectivity index (χ2v) is 13.4. The molecule has 4 aromatic rings. The first-order chi connectivity index (χ1) is 21.3. The lowest BCUT2D eigenvalue weighted by Gasteiger charge is -2.26. The highest BCUT2D eigenvalue weighted by atomic mass is 32.2. The molecule has 0 saturated carbocycles. The van der Waals surface area contributed by atoms with E-state index < -0.39 is 34.2 Å². The molecular weight excluding hydrogens is 594 g/mol. The topological polar surface area (TPSA) is 133 Å². The van der Waals surface area contributed by atoms with Gasteiger partial charge in [0.25, 0.3) is 0 Å². The van der Waals surface area contributed by atoms with Crippen molar-refractivity contribution in [2.75, 3.05) is 23.4 Å². The van der Waals surface area contributed by atoms with Gasteiger partial charge in [0, 0.05) is 38.2 Å². The predicted molar refractivity (Wildman–Crippen MR) is 171 cm³/mol. The van der Waals surface area contributed by atoms with Crippen LogP contribution in [0.15, 0.2) is 102 Å². The first kappa shape index (κ1) is 33.1. The molecule has 0 radical (unpaired) electrons. The van der Waals surface area contributed by atoms with Gasteiger partial charge in [-0.15, -0.1) is 0 Å². The lowest BCUT2D eigenvalue weighted by atomic mass is 10.1. The summed E-state index contributed by atoms with van der Waals surface area (Å²) in [5.41, 5.74) is 2.32. The van der Waals surface area contributed by atoms with Crippen LogP contribution in [0.3, 0.4) is 0 Å². The molecule has 2 aromatic carbocycles. The van der Waals surface area contributed by atoms with E-state index in [1.54, 1.807) is 39.0 Å². The van der Waals surface area contributed by atoms with Gasteiger partial charge < -0.3 is 14.7 Å². The zero-order valence-electron chi connectivity index (χ0n) is 25.7. The van der Waals surface area contributed by atoms with Crippen molar-refractivity contribution in [3.63, 3.8) is 0 Å². The van der Waals surface area contributed by atoms with Crippen molar-refractivity contribution in [1.29, 1.82) is 0 Å². The summed E-state index contributed by atoms with van der Waals surface area (Å²) in [6.07, 6.45) is 1.89. The van der Waals surface area contributed by atoms with E-state index in [1.807, 2.05) is 49.5 Å². The molecule has 2 aromatic heterocycles. The zero-order valence-corrected chi connectivity index (χ0v) is 26.5. The minimum Gasteiger partial charge on any atom is -0.480 e. The number of carboxylic acids is 1. The molecule has 0 aliphatic carbocycles.